The molecular formula is C16H23FN4. The number of benzene rings is 1. The first kappa shape index (κ1) is 15.6. The third-order valence-electron chi connectivity index (χ3n) is 3.42. The molecule has 0 amide bonds. The number of hydrogen-bond donors (Lipinski definition) is 2. The van der Waals surface area contributed by atoms with Crippen molar-refractivity contribution in [1.29, 1.82) is 0 Å². The molecule has 0 fully saturated rings. The number of aryl methyl sites for hydroxylation is 1. The quantitative estimate of drug-likeness (QED) is 0.887. The Hall–Kier alpha value is -1.75. The molecular weight excluding hydrogens is 267 g/mol. The highest BCUT2D eigenvalue weighted by Crippen LogP contribution is 2.33. The highest BCUT2D eigenvalue weighted by molar-refractivity contribution is 5.22. The molecule has 114 valence electrons. The van der Waals surface area contributed by atoms with Crippen LogP contribution in [0.5, 0.6) is 0 Å². The molecule has 0 aliphatic rings. The molecule has 21 heavy (non-hydrogen) atoms. The molecule has 0 spiro atoms. The van der Waals surface area contributed by atoms with Crippen LogP contribution in [0.4, 0.5) is 4.39 Å². The van der Waals surface area contributed by atoms with Gasteiger partial charge in [-0.25, -0.2) is 9.37 Å². The standard InChI is InChI=1S/C16H23FN4/c1-5-13-19-14(21-20-13)10-18-15(16(2,3)4)11-7-6-8-12(17)9-11/h6-9,15,18H,5,10H2,1-4H3,(H,19,20,21). The van der Waals surface area contributed by atoms with Crippen LogP contribution in [-0.4, -0.2) is 15.2 Å². The Bertz CT molecular complexity index is 586. The topological polar surface area (TPSA) is 53.6 Å². The summed E-state index contributed by atoms with van der Waals surface area (Å²) < 4.78 is 13.5. The fourth-order valence-electron chi connectivity index (χ4n) is 2.38. The van der Waals surface area contributed by atoms with E-state index in [1.54, 1.807) is 12.1 Å². The maximum atomic E-state index is 13.5. The minimum absolute atomic E-state index is 0.0309. The molecule has 0 aliphatic heterocycles. The van der Waals surface area contributed by atoms with E-state index in [1.807, 2.05) is 13.0 Å². The van der Waals surface area contributed by atoms with Gasteiger partial charge in [0.1, 0.15) is 17.5 Å². The number of H-pyrrole nitrogens is 1. The van der Waals surface area contributed by atoms with Crippen molar-refractivity contribution in [3.8, 4) is 0 Å². The van der Waals surface area contributed by atoms with Gasteiger partial charge in [0.25, 0.3) is 0 Å². The van der Waals surface area contributed by atoms with Crippen LogP contribution in [0.15, 0.2) is 24.3 Å². The number of aromatic nitrogens is 3. The van der Waals surface area contributed by atoms with E-state index in [4.69, 9.17) is 0 Å². The molecule has 5 heteroatoms. The van der Waals surface area contributed by atoms with Crippen LogP contribution in [-0.2, 0) is 13.0 Å². The summed E-state index contributed by atoms with van der Waals surface area (Å²) in [5.41, 5.74) is 0.902. The van der Waals surface area contributed by atoms with E-state index in [0.717, 1.165) is 23.6 Å². The van der Waals surface area contributed by atoms with Crippen molar-refractivity contribution in [3.05, 3.63) is 47.3 Å². The van der Waals surface area contributed by atoms with E-state index in [1.165, 1.54) is 6.07 Å². The summed E-state index contributed by atoms with van der Waals surface area (Å²) >= 11 is 0. The molecule has 0 aliphatic carbocycles. The predicted octanol–water partition coefficient (Wildman–Crippen LogP) is 3.38. The molecule has 2 aromatic rings. The van der Waals surface area contributed by atoms with E-state index < -0.39 is 0 Å². The summed E-state index contributed by atoms with van der Waals surface area (Å²) in [5, 5.41) is 10.5. The molecule has 1 heterocycles. The molecule has 0 saturated heterocycles. The van der Waals surface area contributed by atoms with Gasteiger partial charge in [-0.2, -0.15) is 5.10 Å². The molecule has 1 atom stereocenters. The Morgan fingerprint density at radius 2 is 2.10 bits per heavy atom. The van der Waals surface area contributed by atoms with E-state index in [-0.39, 0.29) is 17.3 Å². The lowest BCUT2D eigenvalue weighted by molar-refractivity contribution is 0.269. The number of nitrogens with one attached hydrogen (secondary N) is 2. The molecule has 0 saturated carbocycles. The average Bonchev–Trinajstić information content (AvgIpc) is 2.85. The van der Waals surface area contributed by atoms with Crippen molar-refractivity contribution < 1.29 is 4.39 Å². The number of halogens is 1. The van der Waals surface area contributed by atoms with Crippen LogP contribution in [0.2, 0.25) is 0 Å². The molecule has 0 bridgehead atoms. The average molecular weight is 290 g/mol. The Morgan fingerprint density at radius 1 is 1.33 bits per heavy atom. The van der Waals surface area contributed by atoms with Gasteiger partial charge in [0.15, 0.2) is 0 Å². The number of aromatic amines is 1. The summed E-state index contributed by atoms with van der Waals surface area (Å²) in [4.78, 5) is 4.39. The van der Waals surface area contributed by atoms with Crippen LogP contribution in [0, 0.1) is 11.2 Å². The van der Waals surface area contributed by atoms with Gasteiger partial charge in [-0.05, 0) is 23.1 Å². The lowest BCUT2D eigenvalue weighted by atomic mass is 9.82. The smallest absolute Gasteiger partial charge is 0.150 e. The lowest BCUT2D eigenvalue weighted by Gasteiger charge is -2.32. The molecule has 2 N–H and O–H groups in total. The van der Waals surface area contributed by atoms with Crippen molar-refractivity contribution in [3.63, 3.8) is 0 Å². The first-order valence-corrected chi connectivity index (χ1v) is 7.29. The van der Waals surface area contributed by atoms with E-state index in [9.17, 15) is 4.39 Å². The van der Waals surface area contributed by atoms with Gasteiger partial charge in [0, 0.05) is 12.5 Å². The van der Waals surface area contributed by atoms with Crippen LogP contribution in [0.25, 0.3) is 0 Å². The van der Waals surface area contributed by atoms with Gasteiger partial charge in [-0.15, -0.1) is 0 Å². The van der Waals surface area contributed by atoms with Crippen molar-refractivity contribution >= 4 is 0 Å². The second-order valence-electron chi connectivity index (χ2n) is 6.29. The molecule has 1 aromatic carbocycles. The molecule has 1 unspecified atom stereocenters. The summed E-state index contributed by atoms with van der Waals surface area (Å²) in [5.74, 6) is 1.40. The SMILES string of the molecule is CCc1n[nH]c(CNC(c2cccc(F)c2)C(C)(C)C)n1. The molecule has 0 radical (unpaired) electrons. The van der Waals surface area contributed by atoms with Crippen molar-refractivity contribution in [2.45, 2.75) is 46.7 Å². The normalized spacial score (nSPS) is 13.4. The Morgan fingerprint density at radius 3 is 2.67 bits per heavy atom. The third kappa shape index (κ3) is 4.11. The second-order valence-corrected chi connectivity index (χ2v) is 6.29. The van der Waals surface area contributed by atoms with Gasteiger partial charge in [0.05, 0.1) is 6.54 Å². The van der Waals surface area contributed by atoms with Gasteiger partial charge >= 0.3 is 0 Å². The summed E-state index contributed by atoms with van der Waals surface area (Å²) in [6.07, 6.45) is 0.809. The molecule has 4 nitrogen and oxygen atoms in total. The minimum atomic E-state index is -0.212. The monoisotopic (exact) mass is 290 g/mol. The zero-order chi connectivity index (χ0) is 15.5. The highest BCUT2D eigenvalue weighted by atomic mass is 19.1. The minimum Gasteiger partial charge on any atom is -0.302 e. The largest absolute Gasteiger partial charge is 0.302 e. The van der Waals surface area contributed by atoms with E-state index in [2.05, 4.69) is 41.3 Å². The Balaban J connectivity index is 2.14. The van der Waals surface area contributed by atoms with Crippen LogP contribution in [0.1, 0.15) is 50.9 Å². The Kier molecular flexibility index (Phi) is 4.73. The first-order valence-electron chi connectivity index (χ1n) is 7.29. The van der Waals surface area contributed by atoms with Crippen LogP contribution >= 0.6 is 0 Å². The van der Waals surface area contributed by atoms with E-state index >= 15 is 0 Å². The van der Waals surface area contributed by atoms with Crippen molar-refractivity contribution in [2.24, 2.45) is 5.41 Å². The zero-order valence-corrected chi connectivity index (χ0v) is 13.1. The molecule has 1 aromatic heterocycles. The third-order valence-corrected chi connectivity index (χ3v) is 3.42. The van der Waals surface area contributed by atoms with E-state index in [0.29, 0.717) is 6.54 Å². The van der Waals surface area contributed by atoms with Crippen molar-refractivity contribution in [1.82, 2.24) is 20.5 Å². The summed E-state index contributed by atoms with van der Waals surface area (Å²) in [7, 11) is 0. The van der Waals surface area contributed by atoms with Gasteiger partial charge in [0.2, 0.25) is 0 Å². The second kappa shape index (κ2) is 6.35. The fourth-order valence-corrected chi connectivity index (χ4v) is 2.38. The Labute approximate surface area is 125 Å². The van der Waals surface area contributed by atoms with Gasteiger partial charge in [-0.1, -0.05) is 39.8 Å². The predicted molar refractivity (Wildman–Crippen MR) is 81.2 cm³/mol. The molecule has 2 rings (SSSR count). The van der Waals surface area contributed by atoms with Crippen LogP contribution in [0.3, 0.4) is 0 Å². The first-order chi connectivity index (χ1) is 9.90. The summed E-state index contributed by atoms with van der Waals surface area (Å²) in [6, 6.07) is 6.77. The highest BCUT2D eigenvalue weighted by Gasteiger charge is 2.26. The summed E-state index contributed by atoms with van der Waals surface area (Å²) in [6.45, 7) is 8.99. The number of nitrogens with zero attached hydrogens (tertiary/aromatic N) is 2. The zero-order valence-electron chi connectivity index (χ0n) is 13.1. The van der Waals surface area contributed by atoms with Gasteiger partial charge in [-0.3, -0.25) is 5.10 Å². The number of rotatable bonds is 5. The maximum absolute atomic E-state index is 13.5. The lowest BCUT2D eigenvalue weighted by Crippen LogP contribution is -2.32. The van der Waals surface area contributed by atoms with Crippen molar-refractivity contribution in [2.75, 3.05) is 0 Å². The van der Waals surface area contributed by atoms with Gasteiger partial charge < -0.3 is 5.32 Å². The van der Waals surface area contributed by atoms with Crippen LogP contribution < -0.4 is 5.32 Å². The fraction of sp³-hybridized carbons (Fsp3) is 0.500. The maximum Gasteiger partial charge on any atom is 0.150 e. The number of hydrogen-bond acceptors (Lipinski definition) is 3.